The standard InChI is InChI=1S/C22H29NO/c1-18(24)21-13-8-14-22(15-21)23(16-19-9-4-2-5-10-19)17-20-11-6-3-7-12-20/h2-7,9-12,18,21-22,24H,8,13-17H2,1H3. The number of hydrogen-bond donors (Lipinski definition) is 1. The lowest BCUT2D eigenvalue weighted by Gasteiger charge is -2.38. The van der Waals surface area contributed by atoms with Gasteiger partial charge in [-0.3, -0.25) is 4.90 Å². The van der Waals surface area contributed by atoms with Crippen molar-refractivity contribution < 1.29 is 5.11 Å². The molecule has 0 bridgehead atoms. The molecule has 0 saturated heterocycles. The third-order valence-electron chi connectivity index (χ3n) is 5.34. The Balaban J connectivity index is 1.75. The SMILES string of the molecule is CC(O)C1CCCC(N(Cc2ccccc2)Cc2ccccc2)C1. The molecule has 0 amide bonds. The van der Waals surface area contributed by atoms with Gasteiger partial charge in [0.05, 0.1) is 6.10 Å². The number of benzene rings is 2. The Bertz CT molecular complexity index is 554. The van der Waals surface area contributed by atoms with E-state index in [0.717, 1.165) is 19.5 Å². The first kappa shape index (κ1) is 17.2. The summed E-state index contributed by atoms with van der Waals surface area (Å²) < 4.78 is 0. The quantitative estimate of drug-likeness (QED) is 0.838. The van der Waals surface area contributed by atoms with Gasteiger partial charge in [-0.05, 0) is 43.2 Å². The van der Waals surface area contributed by atoms with Crippen LogP contribution >= 0.6 is 0 Å². The van der Waals surface area contributed by atoms with Gasteiger partial charge in [-0.15, -0.1) is 0 Å². The van der Waals surface area contributed by atoms with Gasteiger partial charge < -0.3 is 5.11 Å². The van der Waals surface area contributed by atoms with Gasteiger partial charge in [-0.2, -0.15) is 0 Å². The predicted octanol–water partition coefficient (Wildman–Crippen LogP) is 4.63. The molecule has 1 aliphatic carbocycles. The van der Waals surface area contributed by atoms with Crippen LogP contribution in [0.15, 0.2) is 60.7 Å². The molecular formula is C22H29NO. The van der Waals surface area contributed by atoms with Crippen LogP contribution in [0, 0.1) is 5.92 Å². The second-order valence-corrected chi connectivity index (χ2v) is 7.20. The summed E-state index contributed by atoms with van der Waals surface area (Å²) in [5.74, 6) is 0.442. The van der Waals surface area contributed by atoms with E-state index in [1.165, 1.54) is 30.4 Å². The molecule has 1 aliphatic rings. The molecule has 0 aliphatic heterocycles. The van der Waals surface area contributed by atoms with Crippen molar-refractivity contribution in [3.05, 3.63) is 71.8 Å². The minimum Gasteiger partial charge on any atom is -0.393 e. The van der Waals surface area contributed by atoms with Crippen molar-refractivity contribution >= 4 is 0 Å². The molecule has 2 nitrogen and oxygen atoms in total. The fourth-order valence-electron chi connectivity index (χ4n) is 3.92. The zero-order valence-corrected chi connectivity index (χ0v) is 14.6. The fraction of sp³-hybridized carbons (Fsp3) is 0.455. The van der Waals surface area contributed by atoms with Crippen molar-refractivity contribution in [1.29, 1.82) is 0 Å². The Morgan fingerprint density at radius 1 is 0.917 bits per heavy atom. The number of aliphatic hydroxyl groups is 1. The van der Waals surface area contributed by atoms with Crippen LogP contribution in [-0.4, -0.2) is 22.2 Å². The highest BCUT2D eigenvalue weighted by Crippen LogP contribution is 2.31. The van der Waals surface area contributed by atoms with Gasteiger partial charge in [0.15, 0.2) is 0 Å². The number of rotatable bonds is 6. The summed E-state index contributed by atoms with van der Waals surface area (Å²) in [6.07, 6.45) is 4.54. The molecule has 0 spiro atoms. The smallest absolute Gasteiger partial charge is 0.0540 e. The molecule has 2 aromatic rings. The van der Waals surface area contributed by atoms with Gasteiger partial charge in [0.1, 0.15) is 0 Å². The molecule has 3 unspecified atom stereocenters. The minimum atomic E-state index is -0.192. The summed E-state index contributed by atoms with van der Waals surface area (Å²) in [7, 11) is 0. The Morgan fingerprint density at radius 2 is 1.46 bits per heavy atom. The highest BCUT2D eigenvalue weighted by Gasteiger charge is 2.29. The minimum absolute atomic E-state index is 0.192. The van der Waals surface area contributed by atoms with Crippen LogP contribution in [0.4, 0.5) is 0 Å². The zero-order chi connectivity index (χ0) is 16.8. The Hall–Kier alpha value is -1.64. The van der Waals surface area contributed by atoms with Crippen LogP contribution < -0.4 is 0 Å². The topological polar surface area (TPSA) is 23.5 Å². The van der Waals surface area contributed by atoms with Crippen molar-refractivity contribution in [2.24, 2.45) is 5.92 Å². The molecule has 0 heterocycles. The second kappa shape index (κ2) is 8.46. The van der Waals surface area contributed by atoms with Gasteiger partial charge in [0.25, 0.3) is 0 Å². The normalized spacial score (nSPS) is 22.5. The van der Waals surface area contributed by atoms with Crippen molar-refractivity contribution in [2.75, 3.05) is 0 Å². The molecule has 2 aromatic carbocycles. The molecule has 3 atom stereocenters. The van der Waals surface area contributed by atoms with Crippen LogP contribution in [0.2, 0.25) is 0 Å². The van der Waals surface area contributed by atoms with E-state index in [-0.39, 0.29) is 6.10 Å². The largest absolute Gasteiger partial charge is 0.393 e. The summed E-state index contributed by atoms with van der Waals surface area (Å²) in [5, 5.41) is 10.0. The van der Waals surface area contributed by atoms with E-state index in [0.29, 0.717) is 12.0 Å². The third kappa shape index (κ3) is 4.68. The van der Waals surface area contributed by atoms with Crippen LogP contribution in [0.5, 0.6) is 0 Å². The van der Waals surface area contributed by atoms with E-state index >= 15 is 0 Å². The average molecular weight is 323 g/mol. The maximum absolute atomic E-state index is 10.0. The lowest BCUT2D eigenvalue weighted by molar-refractivity contribution is 0.0505. The van der Waals surface area contributed by atoms with E-state index in [2.05, 4.69) is 65.6 Å². The van der Waals surface area contributed by atoms with Crippen LogP contribution in [-0.2, 0) is 13.1 Å². The van der Waals surface area contributed by atoms with Crippen LogP contribution in [0.25, 0.3) is 0 Å². The molecule has 2 heteroatoms. The van der Waals surface area contributed by atoms with Crippen molar-refractivity contribution in [1.82, 2.24) is 4.90 Å². The van der Waals surface area contributed by atoms with Crippen molar-refractivity contribution in [3.8, 4) is 0 Å². The summed E-state index contributed by atoms with van der Waals surface area (Å²) >= 11 is 0. The van der Waals surface area contributed by atoms with Gasteiger partial charge in [-0.1, -0.05) is 67.1 Å². The third-order valence-corrected chi connectivity index (χ3v) is 5.34. The molecule has 3 rings (SSSR count). The van der Waals surface area contributed by atoms with E-state index in [9.17, 15) is 5.11 Å². The second-order valence-electron chi connectivity index (χ2n) is 7.20. The zero-order valence-electron chi connectivity index (χ0n) is 14.6. The Morgan fingerprint density at radius 3 is 1.96 bits per heavy atom. The molecule has 128 valence electrons. The van der Waals surface area contributed by atoms with E-state index < -0.39 is 0 Å². The maximum Gasteiger partial charge on any atom is 0.0540 e. The molecule has 1 N–H and O–H groups in total. The van der Waals surface area contributed by atoms with E-state index in [4.69, 9.17) is 0 Å². The van der Waals surface area contributed by atoms with E-state index in [1.807, 2.05) is 6.92 Å². The Labute approximate surface area is 146 Å². The van der Waals surface area contributed by atoms with E-state index in [1.54, 1.807) is 0 Å². The molecule has 0 radical (unpaired) electrons. The maximum atomic E-state index is 10.0. The average Bonchev–Trinajstić information content (AvgIpc) is 2.63. The number of nitrogens with zero attached hydrogens (tertiary/aromatic N) is 1. The van der Waals surface area contributed by atoms with Gasteiger partial charge in [0, 0.05) is 19.1 Å². The first-order valence-electron chi connectivity index (χ1n) is 9.22. The van der Waals surface area contributed by atoms with Crippen molar-refractivity contribution in [3.63, 3.8) is 0 Å². The van der Waals surface area contributed by atoms with Gasteiger partial charge in [-0.25, -0.2) is 0 Å². The highest BCUT2D eigenvalue weighted by atomic mass is 16.3. The first-order chi connectivity index (χ1) is 11.7. The number of hydrogen-bond acceptors (Lipinski definition) is 2. The first-order valence-corrected chi connectivity index (χ1v) is 9.22. The monoisotopic (exact) mass is 323 g/mol. The summed E-state index contributed by atoms with van der Waals surface area (Å²) in [5.41, 5.74) is 2.74. The van der Waals surface area contributed by atoms with Crippen molar-refractivity contribution in [2.45, 2.75) is 57.8 Å². The van der Waals surface area contributed by atoms with Gasteiger partial charge in [0.2, 0.25) is 0 Å². The predicted molar refractivity (Wildman–Crippen MR) is 99.6 cm³/mol. The molecule has 24 heavy (non-hydrogen) atoms. The lowest BCUT2D eigenvalue weighted by Crippen LogP contribution is -2.40. The summed E-state index contributed by atoms with van der Waals surface area (Å²) in [4.78, 5) is 2.61. The Kier molecular flexibility index (Phi) is 6.06. The molecule has 1 saturated carbocycles. The molecular weight excluding hydrogens is 294 g/mol. The fourth-order valence-corrected chi connectivity index (χ4v) is 3.92. The van der Waals surface area contributed by atoms with Gasteiger partial charge >= 0.3 is 0 Å². The van der Waals surface area contributed by atoms with Crippen LogP contribution in [0.1, 0.15) is 43.7 Å². The highest BCUT2D eigenvalue weighted by molar-refractivity contribution is 5.17. The summed E-state index contributed by atoms with van der Waals surface area (Å²) in [6, 6.07) is 22.1. The molecule has 1 fully saturated rings. The lowest BCUT2D eigenvalue weighted by atomic mass is 9.82. The van der Waals surface area contributed by atoms with Crippen LogP contribution in [0.3, 0.4) is 0 Å². The summed E-state index contributed by atoms with van der Waals surface area (Å²) in [6.45, 7) is 3.91. The molecule has 0 aromatic heterocycles. The number of aliphatic hydroxyl groups excluding tert-OH is 1.